The van der Waals surface area contributed by atoms with Crippen molar-refractivity contribution >= 4 is 17.5 Å². The van der Waals surface area contributed by atoms with Crippen molar-refractivity contribution in [3.8, 4) is 17.2 Å². The second-order valence-electron chi connectivity index (χ2n) is 8.38. The lowest BCUT2D eigenvalue weighted by atomic mass is 10.0. The van der Waals surface area contributed by atoms with E-state index in [0.29, 0.717) is 62.2 Å². The van der Waals surface area contributed by atoms with Gasteiger partial charge in [0, 0.05) is 37.3 Å². The molecule has 0 saturated carbocycles. The lowest BCUT2D eigenvalue weighted by Crippen LogP contribution is -2.48. The summed E-state index contributed by atoms with van der Waals surface area (Å²) in [5, 5.41) is 8.99. The number of carbonyl (C=O) groups is 2. The van der Waals surface area contributed by atoms with Gasteiger partial charge in [-0.1, -0.05) is 0 Å². The van der Waals surface area contributed by atoms with Gasteiger partial charge < -0.3 is 19.5 Å². The van der Waals surface area contributed by atoms with Crippen LogP contribution >= 0.6 is 0 Å². The molecule has 186 valence electrons. The third-order valence-corrected chi connectivity index (χ3v) is 5.95. The number of carbonyl (C=O) groups excluding carboxylic acids is 2. The highest BCUT2D eigenvalue weighted by Crippen LogP contribution is 2.29. The first-order valence-corrected chi connectivity index (χ1v) is 12.0. The van der Waals surface area contributed by atoms with E-state index in [1.54, 1.807) is 31.4 Å². The molecule has 9 heteroatoms. The van der Waals surface area contributed by atoms with Gasteiger partial charge in [-0.05, 0) is 62.2 Å². The molecule has 0 bridgehead atoms. The van der Waals surface area contributed by atoms with E-state index in [9.17, 15) is 9.59 Å². The number of hydrogen-bond acceptors (Lipinski definition) is 7. The number of rotatable bonds is 9. The normalized spacial score (nSPS) is 16.3. The van der Waals surface area contributed by atoms with Gasteiger partial charge in [-0.3, -0.25) is 14.5 Å². The van der Waals surface area contributed by atoms with Crippen molar-refractivity contribution in [3.63, 3.8) is 0 Å². The Kier molecular flexibility index (Phi) is 8.20. The Labute approximate surface area is 205 Å². The molecule has 4 rings (SSSR count). The van der Waals surface area contributed by atoms with Gasteiger partial charge in [0.05, 0.1) is 26.0 Å². The molecule has 35 heavy (non-hydrogen) atoms. The second kappa shape index (κ2) is 11.7. The number of hydrazone groups is 1. The Morgan fingerprint density at radius 1 is 1.09 bits per heavy atom. The van der Waals surface area contributed by atoms with Crippen LogP contribution in [0.15, 0.2) is 47.6 Å². The van der Waals surface area contributed by atoms with Crippen LogP contribution in [0.3, 0.4) is 0 Å². The molecule has 2 aliphatic rings. The summed E-state index contributed by atoms with van der Waals surface area (Å²) < 4.78 is 16.9. The van der Waals surface area contributed by atoms with E-state index in [1.807, 2.05) is 25.1 Å². The van der Waals surface area contributed by atoms with Crippen molar-refractivity contribution in [1.82, 2.24) is 15.2 Å². The van der Waals surface area contributed by atoms with Gasteiger partial charge in [0.2, 0.25) is 5.91 Å². The minimum absolute atomic E-state index is 0.0457. The number of piperazine rings is 1. The molecule has 0 unspecified atom stereocenters. The van der Waals surface area contributed by atoms with Crippen LogP contribution in [-0.2, 0) is 4.79 Å². The van der Waals surface area contributed by atoms with Crippen LogP contribution in [0.1, 0.15) is 35.7 Å². The molecule has 0 spiro atoms. The van der Waals surface area contributed by atoms with Gasteiger partial charge in [-0.2, -0.15) is 5.10 Å². The molecule has 2 aliphatic heterocycles. The van der Waals surface area contributed by atoms with Crippen LogP contribution in [0.5, 0.6) is 17.2 Å². The molecule has 0 atom stereocenters. The van der Waals surface area contributed by atoms with Crippen LogP contribution in [0.25, 0.3) is 0 Å². The zero-order valence-corrected chi connectivity index (χ0v) is 20.3. The van der Waals surface area contributed by atoms with Crippen molar-refractivity contribution in [2.75, 3.05) is 53.0 Å². The van der Waals surface area contributed by atoms with Gasteiger partial charge >= 0.3 is 0 Å². The molecule has 0 radical (unpaired) electrons. The van der Waals surface area contributed by atoms with Gasteiger partial charge in [0.25, 0.3) is 5.91 Å². The molecule has 2 aromatic rings. The highest BCUT2D eigenvalue weighted by molar-refractivity contribution is 6.03. The maximum Gasteiger partial charge on any atom is 0.273 e. The molecule has 2 heterocycles. The first-order valence-electron chi connectivity index (χ1n) is 12.0. The average molecular weight is 481 g/mol. The van der Waals surface area contributed by atoms with E-state index in [4.69, 9.17) is 14.2 Å². The maximum atomic E-state index is 13.1. The van der Waals surface area contributed by atoms with Crippen molar-refractivity contribution in [3.05, 3.63) is 53.6 Å². The van der Waals surface area contributed by atoms with Crippen molar-refractivity contribution < 1.29 is 23.8 Å². The number of amides is 2. The molecule has 2 amide bonds. The van der Waals surface area contributed by atoms with E-state index >= 15 is 0 Å². The zero-order chi connectivity index (χ0) is 24.6. The largest absolute Gasteiger partial charge is 0.493 e. The van der Waals surface area contributed by atoms with Crippen LogP contribution in [0.2, 0.25) is 0 Å². The lowest BCUT2D eigenvalue weighted by molar-refractivity contribution is -0.124. The SMILES string of the molecule is CCOc1cc(C2=NN(C(=O)c3ccc(OCCN4CCNC(=O)C4)cc3)CCC2)ccc1OC. The highest BCUT2D eigenvalue weighted by Gasteiger charge is 2.22. The predicted octanol–water partition coefficient (Wildman–Crippen LogP) is 2.54. The van der Waals surface area contributed by atoms with Gasteiger partial charge in [0.15, 0.2) is 11.5 Å². The Morgan fingerprint density at radius 3 is 2.66 bits per heavy atom. The van der Waals surface area contributed by atoms with E-state index in [1.165, 1.54) is 5.01 Å². The number of methoxy groups -OCH3 is 1. The van der Waals surface area contributed by atoms with Crippen LogP contribution in [0.4, 0.5) is 0 Å². The maximum absolute atomic E-state index is 13.1. The summed E-state index contributed by atoms with van der Waals surface area (Å²) >= 11 is 0. The van der Waals surface area contributed by atoms with Gasteiger partial charge in [-0.15, -0.1) is 0 Å². The summed E-state index contributed by atoms with van der Waals surface area (Å²) in [7, 11) is 1.61. The second-order valence-corrected chi connectivity index (χ2v) is 8.38. The van der Waals surface area contributed by atoms with Gasteiger partial charge in [0.1, 0.15) is 12.4 Å². The molecule has 1 saturated heterocycles. The smallest absolute Gasteiger partial charge is 0.273 e. The van der Waals surface area contributed by atoms with Crippen LogP contribution in [-0.4, -0.2) is 80.5 Å². The summed E-state index contributed by atoms with van der Waals surface area (Å²) in [4.78, 5) is 26.6. The van der Waals surface area contributed by atoms with E-state index in [2.05, 4.69) is 15.3 Å². The molecule has 0 aliphatic carbocycles. The van der Waals surface area contributed by atoms with E-state index in [-0.39, 0.29) is 11.8 Å². The van der Waals surface area contributed by atoms with Crippen LogP contribution < -0.4 is 19.5 Å². The molecule has 2 aromatic carbocycles. The Balaban J connectivity index is 1.37. The molecular formula is C26H32N4O5. The Bertz CT molecular complexity index is 1070. The number of nitrogens with one attached hydrogen (secondary N) is 1. The van der Waals surface area contributed by atoms with Crippen molar-refractivity contribution in [2.45, 2.75) is 19.8 Å². The average Bonchev–Trinajstić information content (AvgIpc) is 2.89. The highest BCUT2D eigenvalue weighted by atomic mass is 16.5. The summed E-state index contributed by atoms with van der Waals surface area (Å²) in [6, 6.07) is 12.8. The molecule has 0 aromatic heterocycles. The van der Waals surface area contributed by atoms with E-state index < -0.39 is 0 Å². The van der Waals surface area contributed by atoms with Gasteiger partial charge in [-0.25, -0.2) is 5.01 Å². The lowest BCUT2D eigenvalue weighted by Gasteiger charge is -2.26. The summed E-state index contributed by atoms with van der Waals surface area (Å²) in [5.74, 6) is 1.92. The zero-order valence-electron chi connectivity index (χ0n) is 20.3. The Morgan fingerprint density at radius 2 is 1.91 bits per heavy atom. The summed E-state index contributed by atoms with van der Waals surface area (Å²) in [6.07, 6.45) is 1.61. The van der Waals surface area contributed by atoms with Crippen molar-refractivity contribution in [1.29, 1.82) is 0 Å². The third kappa shape index (κ3) is 6.30. The predicted molar refractivity (Wildman–Crippen MR) is 132 cm³/mol. The first-order chi connectivity index (χ1) is 17.1. The monoisotopic (exact) mass is 480 g/mol. The summed E-state index contributed by atoms with van der Waals surface area (Å²) in [6.45, 7) is 6.08. The number of nitrogens with zero attached hydrogens (tertiary/aromatic N) is 3. The van der Waals surface area contributed by atoms with E-state index in [0.717, 1.165) is 30.7 Å². The number of benzene rings is 2. The fourth-order valence-electron chi connectivity index (χ4n) is 4.13. The van der Waals surface area contributed by atoms with Crippen molar-refractivity contribution in [2.24, 2.45) is 5.10 Å². The number of hydrogen-bond donors (Lipinski definition) is 1. The topological polar surface area (TPSA) is 92.7 Å². The fourth-order valence-corrected chi connectivity index (χ4v) is 4.13. The molecule has 1 fully saturated rings. The number of ether oxygens (including phenoxy) is 3. The molecular weight excluding hydrogens is 448 g/mol. The Hall–Kier alpha value is -3.59. The molecule has 1 N–H and O–H groups in total. The standard InChI is InChI=1S/C26H32N4O5/c1-3-34-24-17-20(8-11-23(24)33-2)22-5-4-13-30(28-22)26(32)19-6-9-21(10-7-19)35-16-15-29-14-12-27-25(31)18-29/h6-11,17H,3-5,12-16,18H2,1-2H3,(H,27,31). The fraction of sp³-hybridized carbons (Fsp3) is 0.423. The molecule has 9 nitrogen and oxygen atoms in total. The van der Waals surface area contributed by atoms with Crippen LogP contribution in [0, 0.1) is 0 Å². The minimum atomic E-state index is -0.147. The summed E-state index contributed by atoms with van der Waals surface area (Å²) in [5.41, 5.74) is 2.32. The minimum Gasteiger partial charge on any atom is -0.493 e. The quantitative estimate of drug-likeness (QED) is 0.593. The first kappa shape index (κ1) is 24.5. The third-order valence-electron chi connectivity index (χ3n) is 5.95.